The van der Waals surface area contributed by atoms with Crippen molar-refractivity contribution in [2.45, 2.75) is 5.92 Å². The number of nitrogens with zero attached hydrogens (tertiary/aromatic N) is 2. The first-order valence-electron chi connectivity index (χ1n) is 8.95. The monoisotopic (exact) mass is 411 g/mol. The molecule has 3 aromatic heterocycles. The molecule has 4 heterocycles. The Labute approximate surface area is 168 Å². The number of aromatic amines is 2. The molecule has 7 nitrogen and oxygen atoms in total. The molecule has 0 atom stereocenters. The van der Waals surface area contributed by atoms with Gasteiger partial charge in [0.25, 0.3) is 5.56 Å². The van der Waals surface area contributed by atoms with Crippen molar-refractivity contribution in [1.29, 1.82) is 0 Å². The summed E-state index contributed by atoms with van der Waals surface area (Å²) < 4.78 is 19.7. The Morgan fingerprint density at radius 1 is 1.17 bits per heavy atom. The van der Waals surface area contributed by atoms with E-state index in [1.54, 1.807) is 12.3 Å². The zero-order chi connectivity index (χ0) is 20.0. The number of rotatable bonds is 4. The molecule has 0 bridgehead atoms. The smallest absolute Gasteiger partial charge is 0.256 e. The summed E-state index contributed by atoms with van der Waals surface area (Å²) >= 11 is 6.02. The summed E-state index contributed by atoms with van der Waals surface area (Å²) in [6, 6.07) is 7.60. The van der Waals surface area contributed by atoms with Crippen molar-refractivity contribution in [1.82, 2.24) is 19.9 Å². The van der Waals surface area contributed by atoms with Gasteiger partial charge >= 0.3 is 0 Å². The number of H-pyrrole nitrogens is 2. The molecule has 0 spiro atoms. The summed E-state index contributed by atoms with van der Waals surface area (Å²) in [6.45, 7) is 0.998. The number of halogens is 2. The number of aromatic nitrogens is 4. The first kappa shape index (κ1) is 17.8. The van der Waals surface area contributed by atoms with Gasteiger partial charge in [0.1, 0.15) is 23.6 Å². The van der Waals surface area contributed by atoms with Gasteiger partial charge in [-0.25, -0.2) is 14.4 Å². The maximum atomic E-state index is 14.4. The third-order valence-electron chi connectivity index (χ3n) is 4.94. The van der Waals surface area contributed by atoms with Crippen LogP contribution in [0.3, 0.4) is 0 Å². The third kappa shape index (κ3) is 3.16. The molecule has 9 heteroatoms. The summed E-state index contributed by atoms with van der Waals surface area (Å²) in [5.41, 5.74) is 1.90. The van der Waals surface area contributed by atoms with Gasteiger partial charge in [0.2, 0.25) is 0 Å². The van der Waals surface area contributed by atoms with Gasteiger partial charge in [-0.3, -0.25) is 4.79 Å². The zero-order valence-corrected chi connectivity index (χ0v) is 15.8. The van der Waals surface area contributed by atoms with Crippen LogP contribution in [-0.2, 0) is 4.74 Å². The van der Waals surface area contributed by atoms with Gasteiger partial charge in [0.05, 0.1) is 29.9 Å². The van der Waals surface area contributed by atoms with Crippen LogP contribution in [0.5, 0.6) is 0 Å². The standard InChI is InChI=1S/C20H15ClFN5O2/c21-11-1-2-15(22)13(5-11)14-6-16(17(27-20(14)28)10-7-29-8-10)26-19-12-3-4-23-18(12)24-9-25-19/h1-6,9-10H,7-8H2,(H,27,28)(H2,23,24,25,26). The molecule has 5 rings (SSSR count). The van der Waals surface area contributed by atoms with Crippen LogP contribution >= 0.6 is 11.6 Å². The van der Waals surface area contributed by atoms with E-state index in [9.17, 15) is 9.18 Å². The second kappa shape index (κ2) is 6.98. The van der Waals surface area contributed by atoms with Crippen molar-refractivity contribution in [3.8, 4) is 11.1 Å². The van der Waals surface area contributed by atoms with Crippen LogP contribution in [0.4, 0.5) is 15.9 Å². The topological polar surface area (TPSA) is 95.7 Å². The molecule has 0 radical (unpaired) electrons. The lowest BCUT2D eigenvalue weighted by Crippen LogP contribution is -2.29. The van der Waals surface area contributed by atoms with Crippen LogP contribution in [-0.4, -0.2) is 33.1 Å². The highest BCUT2D eigenvalue weighted by Gasteiger charge is 2.26. The largest absolute Gasteiger partial charge is 0.380 e. The molecule has 0 saturated carbocycles. The zero-order valence-electron chi connectivity index (χ0n) is 15.0. The van der Waals surface area contributed by atoms with Crippen molar-refractivity contribution >= 4 is 34.1 Å². The summed E-state index contributed by atoms with van der Waals surface area (Å²) in [6.07, 6.45) is 3.21. The lowest BCUT2D eigenvalue weighted by atomic mass is 9.98. The van der Waals surface area contributed by atoms with Gasteiger partial charge in [0, 0.05) is 28.4 Å². The van der Waals surface area contributed by atoms with E-state index in [1.165, 1.54) is 24.5 Å². The number of ether oxygens (including phenoxy) is 1. The van der Waals surface area contributed by atoms with Crippen LogP contribution < -0.4 is 10.9 Å². The first-order valence-corrected chi connectivity index (χ1v) is 9.33. The first-order chi connectivity index (χ1) is 14.1. The molecule has 0 unspecified atom stereocenters. The summed E-state index contributed by atoms with van der Waals surface area (Å²) in [5.74, 6) is 0.0787. The maximum absolute atomic E-state index is 14.4. The molecule has 1 aromatic carbocycles. The molecule has 1 aliphatic heterocycles. The van der Waals surface area contributed by atoms with Crippen LogP contribution in [0.1, 0.15) is 11.6 Å². The minimum Gasteiger partial charge on any atom is -0.380 e. The molecule has 0 aliphatic carbocycles. The molecule has 3 N–H and O–H groups in total. The van der Waals surface area contributed by atoms with E-state index in [2.05, 4.69) is 25.3 Å². The molecule has 146 valence electrons. The molecular weight excluding hydrogens is 397 g/mol. The number of nitrogens with one attached hydrogen (secondary N) is 3. The summed E-state index contributed by atoms with van der Waals surface area (Å²) in [4.78, 5) is 27.2. The average Bonchev–Trinajstić information content (AvgIpc) is 3.14. The van der Waals surface area contributed by atoms with Crippen LogP contribution in [0.2, 0.25) is 5.02 Å². The normalized spacial score (nSPS) is 14.1. The minimum absolute atomic E-state index is 0.0343. The predicted octanol–water partition coefficient (Wildman–Crippen LogP) is 3.96. The second-order valence-electron chi connectivity index (χ2n) is 6.79. The highest BCUT2D eigenvalue weighted by Crippen LogP contribution is 2.34. The van der Waals surface area contributed by atoms with E-state index in [-0.39, 0.29) is 17.0 Å². The Hall–Kier alpha value is -3.23. The Kier molecular flexibility index (Phi) is 4.30. The molecular formula is C20H15ClFN5O2. The summed E-state index contributed by atoms with van der Waals surface area (Å²) in [7, 11) is 0. The molecule has 1 fully saturated rings. The average molecular weight is 412 g/mol. The van der Waals surface area contributed by atoms with Gasteiger partial charge in [0.15, 0.2) is 0 Å². The Bertz CT molecular complexity index is 1280. The van der Waals surface area contributed by atoms with E-state index in [4.69, 9.17) is 16.3 Å². The van der Waals surface area contributed by atoms with Crippen molar-refractivity contribution in [2.75, 3.05) is 18.5 Å². The fourth-order valence-corrected chi connectivity index (χ4v) is 3.55. The summed E-state index contributed by atoms with van der Waals surface area (Å²) in [5, 5.41) is 4.41. The number of pyridine rings is 1. The maximum Gasteiger partial charge on any atom is 0.256 e. The van der Waals surface area contributed by atoms with Gasteiger partial charge < -0.3 is 20.0 Å². The quantitative estimate of drug-likeness (QED) is 0.472. The number of benzene rings is 1. The van der Waals surface area contributed by atoms with Crippen molar-refractivity contribution in [2.24, 2.45) is 0 Å². The number of hydrogen-bond acceptors (Lipinski definition) is 5. The molecule has 0 amide bonds. The van der Waals surface area contributed by atoms with Crippen LogP contribution in [0, 0.1) is 5.82 Å². The number of hydrogen-bond donors (Lipinski definition) is 3. The van der Waals surface area contributed by atoms with E-state index in [0.29, 0.717) is 41.1 Å². The van der Waals surface area contributed by atoms with E-state index in [0.717, 1.165) is 5.39 Å². The van der Waals surface area contributed by atoms with Crippen LogP contribution in [0.25, 0.3) is 22.2 Å². The van der Waals surface area contributed by atoms with Crippen molar-refractivity contribution in [3.63, 3.8) is 0 Å². The molecule has 4 aromatic rings. The Morgan fingerprint density at radius 2 is 2.03 bits per heavy atom. The second-order valence-corrected chi connectivity index (χ2v) is 7.22. The van der Waals surface area contributed by atoms with Crippen molar-refractivity contribution in [3.05, 3.63) is 69.7 Å². The van der Waals surface area contributed by atoms with E-state index >= 15 is 0 Å². The number of anilines is 2. The van der Waals surface area contributed by atoms with E-state index < -0.39 is 11.4 Å². The van der Waals surface area contributed by atoms with Gasteiger partial charge in [-0.15, -0.1) is 0 Å². The lowest BCUT2D eigenvalue weighted by Gasteiger charge is -2.28. The fraction of sp³-hybridized carbons (Fsp3) is 0.150. The van der Waals surface area contributed by atoms with Crippen molar-refractivity contribution < 1.29 is 9.13 Å². The number of fused-ring (bicyclic) bond motifs is 1. The third-order valence-corrected chi connectivity index (χ3v) is 5.18. The minimum atomic E-state index is -0.527. The molecule has 29 heavy (non-hydrogen) atoms. The Balaban J connectivity index is 1.67. The predicted molar refractivity (Wildman–Crippen MR) is 108 cm³/mol. The molecule has 1 aliphatic rings. The van der Waals surface area contributed by atoms with Gasteiger partial charge in [-0.05, 0) is 30.3 Å². The fourth-order valence-electron chi connectivity index (χ4n) is 3.38. The molecule has 1 saturated heterocycles. The highest BCUT2D eigenvalue weighted by molar-refractivity contribution is 6.30. The lowest BCUT2D eigenvalue weighted by molar-refractivity contribution is 0.00695. The van der Waals surface area contributed by atoms with E-state index in [1.807, 2.05) is 6.07 Å². The van der Waals surface area contributed by atoms with Crippen LogP contribution in [0.15, 0.2) is 47.7 Å². The van der Waals surface area contributed by atoms with Gasteiger partial charge in [-0.1, -0.05) is 11.6 Å². The Morgan fingerprint density at radius 3 is 2.83 bits per heavy atom. The highest BCUT2D eigenvalue weighted by atomic mass is 35.5. The SMILES string of the molecule is O=c1[nH]c(C2COC2)c(Nc2ncnc3[nH]ccc23)cc1-c1cc(Cl)ccc1F. The van der Waals surface area contributed by atoms with Gasteiger partial charge in [-0.2, -0.15) is 0 Å².